The Labute approximate surface area is 78.0 Å². The molecular weight excluding hydrogens is 162 g/mol. The number of amides is 1. The number of anilines is 1. The van der Waals surface area contributed by atoms with Gasteiger partial charge in [0.1, 0.15) is 0 Å². The number of rotatable bonds is 0. The lowest BCUT2D eigenvalue weighted by atomic mass is 9.94. The second-order valence-corrected chi connectivity index (χ2v) is 3.76. The average molecular weight is 175 g/mol. The number of carbonyl (C=O) groups is 1. The van der Waals surface area contributed by atoms with Gasteiger partial charge in [0.25, 0.3) is 0 Å². The van der Waals surface area contributed by atoms with E-state index in [-0.39, 0.29) is 11.8 Å². The van der Waals surface area contributed by atoms with E-state index in [1.807, 2.05) is 19.1 Å². The van der Waals surface area contributed by atoms with Gasteiger partial charge in [0.15, 0.2) is 0 Å². The van der Waals surface area contributed by atoms with Gasteiger partial charge >= 0.3 is 0 Å². The molecule has 68 valence electrons. The van der Waals surface area contributed by atoms with Crippen LogP contribution >= 0.6 is 0 Å². The summed E-state index contributed by atoms with van der Waals surface area (Å²) in [6, 6.07) is 6.15. The highest BCUT2D eigenvalue weighted by Crippen LogP contribution is 2.25. The Balaban J connectivity index is 2.42. The van der Waals surface area contributed by atoms with Gasteiger partial charge in [-0.25, -0.2) is 0 Å². The van der Waals surface area contributed by atoms with Gasteiger partial charge in [-0.1, -0.05) is 24.6 Å². The first-order chi connectivity index (χ1) is 6.16. The van der Waals surface area contributed by atoms with E-state index < -0.39 is 0 Å². The molecule has 0 aromatic heterocycles. The minimum absolute atomic E-state index is 0.106. The van der Waals surface area contributed by atoms with Crippen molar-refractivity contribution < 1.29 is 4.79 Å². The van der Waals surface area contributed by atoms with E-state index >= 15 is 0 Å². The van der Waals surface area contributed by atoms with Crippen molar-refractivity contribution in [2.75, 3.05) is 5.32 Å². The van der Waals surface area contributed by atoms with E-state index in [2.05, 4.69) is 18.3 Å². The Morgan fingerprint density at radius 2 is 2.23 bits per heavy atom. The molecule has 1 amide bonds. The summed E-state index contributed by atoms with van der Waals surface area (Å²) in [6.07, 6.45) is 0.864. The maximum absolute atomic E-state index is 11.3. The van der Waals surface area contributed by atoms with E-state index in [1.54, 1.807) is 0 Å². The zero-order valence-corrected chi connectivity index (χ0v) is 7.92. The third-order valence-corrected chi connectivity index (χ3v) is 2.49. The Hall–Kier alpha value is -1.31. The fourth-order valence-electron chi connectivity index (χ4n) is 1.69. The van der Waals surface area contributed by atoms with Crippen LogP contribution < -0.4 is 5.32 Å². The van der Waals surface area contributed by atoms with E-state index in [4.69, 9.17) is 0 Å². The Bertz CT molecular complexity index is 357. The molecule has 0 fully saturated rings. The van der Waals surface area contributed by atoms with Crippen molar-refractivity contribution in [2.24, 2.45) is 5.92 Å². The van der Waals surface area contributed by atoms with Gasteiger partial charge in [-0.05, 0) is 25.0 Å². The molecule has 0 saturated heterocycles. The van der Waals surface area contributed by atoms with Crippen molar-refractivity contribution in [2.45, 2.75) is 20.3 Å². The van der Waals surface area contributed by atoms with Crippen LogP contribution in [0.4, 0.5) is 5.69 Å². The van der Waals surface area contributed by atoms with Crippen LogP contribution in [0.5, 0.6) is 0 Å². The van der Waals surface area contributed by atoms with E-state index in [0.29, 0.717) is 0 Å². The van der Waals surface area contributed by atoms with E-state index in [0.717, 1.165) is 12.1 Å². The highest BCUT2D eigenvalue weighted by Gasteiger charge is 2.21. The van der Waals surface area contributed by atoms with Crippen molar-refractivity contribution in [3.8, 4) is 0 Å². The van der Waals surface area contributed by atoms with Crippen LogP contribution in [0.1, 0.15) is 18.1 Å². The smallest absolute Gasteiger partial charge is 0.227 e. The van der Waals surface area contributed by atoms with E-state index in [9.17, 15) is 4.79 Å². The second kappa shape index (κ2) is 2.87. The fraction of sp³-hybridized carbons (Fsp3) is 0.364. The number of carbonyl (C=O) groups excluding carboxylic acids is 1. The van der Waals surface area contributed by atoms with Gasteiger partial charge in [-0.2, -0.15) is 0 Å². The van der Waals surface area contributed by atoms with Gasteiger partial charge in [0, 0.05) is 11.6 Å². The summed E-state index contributed by atoms with van der Waals surface area (Å²) in [4.78, 5) is 11.3. The molecule has 2 nitrogen and oxygen atoms in total. The molecule has 0 spiro atoms. The van der Waals surface area contributed by atoms with Crippen LogP contribution in [0.15, 0.2) is 18.2 Å². The fourth-order valence-corrected chi connectivity index (χ4v) is 1.69. The van der Waals surface area contributed by atoms with Crippen LogP contribution in [0.2, 0.25) is 0 Å². The van der Waals surface area contributed by atoms with Gasteiger partial charge < -0.3 is 5.32 Å². The number of aryl methyl sites for hydroxylation is 1. The summed E-state index contributed by atoms with van der Waals surface area (Å²) in [5, 5.41) is 2.90. The molecular formula is C11H13NO. The number of nitrogens with one attached hydrogen (secondary N) is 1. The molecule has 1 aromatic rings. The largest absolute Gasteiger partial charge is 0.326 e. The third kappa shape index (κ3) is 1.44. The van der Waals surface area contributed by atoms with E-state index in [1.165, 1.54) is 11.1 Å². The third-order valence-electron chi connectivity index (χ3n) is 2.49. The summed E-state index contributed by atoms with van der Waals surface area (Å²) in [6.45, 7) is 4.03. The quantitative estimate of drug-likeness (QED) is 0.643. The first-order valence-electron chi connectivity index (χ1n) is 4.57. The molecule has 2 heteroatoms. The minimum Gasteiger partial charge on any atom is -0.326 e. The van der Waals surface area contributed by atoms with Crippen molar-refractivity contribution in [1.29, 1.82) is 0 Å². The Kier molecular flexibility index (Phi) is 1.83. The van der Waals surface area contributed by atoms with Crippen LogP contribution in [0.3, 0.4) is 0 Å². The molecule has 13 heavy (non-hydrogen) atoms. The highest BCUT2D eigenvalue weighted by atomic mass is 16.1. The lowest BCUT2D eigenvalue weighted by Gasteiger charge is -2.21. The molecule has 0 aliphatic carbocycles. The summed E-state index contributed by atoms with van der Waals surface area (Å²) in [5.74, 6) is 0.241. The van der Waals surface area contributed by atoms with Gasteiger partial charge in [0.05, 0.1) is 0 Å². The normalized spacial score (nSPS) is 20.8. The van der Waals surface area contributed by atoms with Gasteiger partial charge in [0.2, 0.25) is 5.91 Å². The number of fused-ring (bicyclic) bond motifs is 1. The Morgan fingerprint density at radius 3 is 3.00 bits per heavy atom. The molecule has 0 saturated carbocycles. The number of benzene rings is 1. The first-order valence-corrected chi connectivity index (χ1v) is 4.57. The highest BCUT2D eigenvalue weighted by molar-refractivity contribution is 5.95. The lowest BCUT2D eigenvalue weighted by Crippen LogP contribution is -2.27. The molecule has 1 unspecified atom stereocenters. The summed E-state index contributed by atoms with van der Waals surface area (Å²) in [5.41, 5.74) is 3.49. The molecule has 1 atom stereocenters. The molecule has 1 aromatic carbocycles. The van der Waals surface area contributed by atoms with Gasteiger partial charge in [-0.15, -0.1) is 0 Å². The number of hydrogen-bond acceptors (Lipinski definition) is 1. The maximum Gasteiger partial charge on any atom is 0.227 e. The molecule has 1 aliphatic heterocycles. The second-order valence-electron chi connectivity index (χ2n) is 3.76. The van der Waals surface area contributed by atoms with Crippen LogP contribution in [-0.4, -0.2) is 5.91 Å². The zero-order valence-electron chi connectivity index (χ0n) is 7.92. The summed E-state index contributed by atoms with van der Waals surface area (Å²) < 4.78 is 0. The van der Waals surface area contributed by atoms with Crippen LogP contribution in [0.25, 0.3) is 0 Å². The molecule has 2 rings (SSSR count). The predicted molar refractivity (Wildman–Crippen MR) is 52.7 cm³/mol. The minimum atomic E-state index is 0.106. The molecule has 1 heterocycles. The monoisotopic (exact) mass is 175 g/mol. The Morgan fingerprint density at radius 1 is 1.46 bits per heavy atom. The first kappa shape index (κ1) is 8.30. The van der Waals surface area contributed by atoms with Crippen LogP contribution in [-0.2, 0) is 11.2 Å². The molecule has 0 radical (unpaired) electrons. The SMILES string of the molecule is Cc1ccc2c(c1)CC(C)C(=O)N2. The zero-order chi connectivity index (χ0) is 9.42. The molecule has 1 N–H and O–H groups in total. The van der Waals surface area contributed by atoms with Crippen molar-refractivity contribution in [3.05, 3.63) is 29.3 Å². The maximum atomic E-state index is 11.3. The lowest BCUT2D eigenvalue weighted by molar-refractivity contribution is -0.119. The van der Waals surface area contributed by atoms with Gasteiger partial charge in [-0.3, -0.25) is 4.79 Å². The average Bonchev–Trinajstić information content (AvgIpc) is 2.08. The van der Waals surface area contributed by atoms with Crippen molar-refractivity contribution >= 4 is 11.6 Å². The summed E-state index contributed by atoms with van der Waals surface area (Å²) >= 11 is 0. The summed E-state index contributed by atoms with van der Waals surface area (Å²) in [7, 11) is 0. The number of hydrogen-bond donors (Lipinski definition) is 1. The molecule has 0 bridgehead atoms. The topological polar surface area (TPSA) is 29.1 Å². The standard InChI is InChI=1S/C11H13NO/c1-7-3-4-10-9(5-7)6-8(2)11(13)12-10/h3-5,8H,6H2,1-2H3,(H,12,13). The van der Waals surface area contributed by atoms with Crippen molar-refractivity contribution in [1.82, 2.24) is 0 Å². The van der Waals surface area contributed by atoms with Crippen LogP contribution in [0, 0.1) is 12.8 Å². The molecule has 1 aliphatic rings. The van der Waals surface area contributed by atoms with Crippen molar-refractivity contribution in [3.63, 3.8) is 0 Å². The predicted octanol–water partition coefficient (Wildman–Crippen LogP) is 2.13.